The van der Waals surface area contributed by atoms with E-state index >= 15 is 0 Å². The van der Waals surface area contributed by atoms with E-state index in [0.717, 1.165) is 17.4 Å². The second-order valence-electron chi connectivity index (χ2n) is 5.86. The monoisotopic (exact) mass is 345 g/mol. The standard InChI is InChI=1S/C19H24BrN/c1-4-21-19(17-10-5-6-11-18(17)20)16-9-7-8-15(13-16)12-14(2)3/h5-11,13-14,19,21H,4,12H2,1-3H3. The van der Waals surface area contributed by atoms with Gasteiger partial charge in [0.2, 0.25) is 0 Å². The van der Waals surface area contributed by atoms with E-state index in [4.69, 9.17) is 0 Å². The summed E-state index contributed by atoms with van der Waals surface area (Å²) < 4.78 is 1.16. The van der Waals surface area contributed by atoms with Crippen LogP contribution in [0, 0.1) is 5.92 Å². The zero-order chi connectivity index (χ0) is 15.2. The van der Waals surface area contributed by atoms with E-state index in [0.29, 0.717) is 5.92 Å². The summed E-state index contributed by atoms with van der Waals surface area (Å²) in [6.45, 7) is 7.63. The molecule has 0 radical (unpaired) electrons. The van der Waals surface area contributed by atoms with Crippen LogP contribution >= 0.6 is 15.9 Å². The number of benzene rings is 2. The van der Waals surface area contributed by atoms with Crippen LogP contribution in [0.1, 0.15) is 43.5 Å². The van der Waals surface area contributed by atoms with E-state index in [-0.39, 0.29) is 6.04 Å². The Bertz CT molecular complexity index is 577. The lowest BCUT2D eigenvalue weighted by Gasteiger charge is -2.21. The van der Waals surface area contributed by atoms with E-state index in [9.17, 15) is 0 Å². The normalized spacial score (nSPS) is 12.6. The topological polar surface area (TPSA) is 12.0 Å². The van der Waals surface area contributed by atoms with E-state index in [1.807, 2.05) is 0 Å². The van der Waals surface area contributed by atoms with Crippen molar-refractivity contribution in [3.05, 3.63) is 69.7 Å². The molecular formula is C19H24BrN. The molecule has 0 spiro atoms. The molecule has 1 nitrogen and oxygen atoms in total. The number of hydrogen-bond acceptors (Lipinski definition) is 1. The Kier molecular flexibility index (Phi) is 6.01. The highest BCUT2D eigenvalue weighted by molar-refractivity contribution is 9.10. The zero-order valence-corrected chi connectivity index (χ0v) is 14.7. The van der Waals surface area contributed by atoms with Crippen LogP contribution in [0.4, 0.5) is 0 Å². The fourth-order valence-electron chi connectivity index (χ4n) is 2.69. The molecule has 0 aliphatic heterocycles. The van der Waals surface area contributed by atoms with Crippen molar-refractivity contribution in [2.75, 3.05) is 6.54 Å². The highest BCUT2D eigenvalue weighted by Gasteiger charge is 2.15. The molecule has 1 unspecified atom stereocenters. The molecule has 2 aromatic rings. The first-order chi connectivity index (χ1) is 10.1. The van der Waals surface area contributed by atoms with Gasteiger partial charge in [-0.15, -0.1) is 0 Å². The first-order valence-corrected chi connectivity index (χ1v) is 8.47. The third-order valence-electron chi connectivity index (χ3n) is 3.55. The van der Waals surface area contributed by atoms with Crippen LogP contribution in [0.3, 0.4) is 0 Å². The zero-order valence-electron chi connectivity index (χ0n) is 13.1. The molecule has 2 aromatic carbocycles. The highest BCUT2D eigenvalue weighted by Crippen LogP contribution is 2.29. The Morgan fingerprint density at radius 3 is 2.48 bits per heavy atom. The molecular weight excluding hydrogens is 322 g/mol. The van der Waals surface area contributed by atoms with E-state index in [1.54, 1.807) is 0 Å². The van der Waals surface area contributed by atoms with Crippen LogP contribution in [0.25, 0.3) is 0 Å². The predicted octanol–water partition coefficient (Wildman–Crippen LogP) is 5.35. The third kappa shape index (κ3) is 4.42. The Morgan fingerprint density at radius 1 is 1.05 bits per heavy atom. The lowest BCUT2D eigenvalue weighted by atomic mass is 9.94. The highest BCUT2D eigenvalue weighted by atomic mass is 79.9. The molecule has 0 amide bonds. The molecule has 2 rings (SSSR count). The smallest absolute Gasteiger partial charge is 0.0587 e. The van der Waals surface area contributed by atoms with Crippen LogP contribution in [0.2, 0.25) is 0 Å². The SMILES string of the molecule is CCNC(c1cccc(CC(C)C)c1)c1ccccc1Br. The lowest BCUT2D eigenvalue weighted by Crippen LogP contribution is -2.22. The summed E-state index contributed by atoms with van der Waals surface area (Å²) in [5.74, 6) is 0.682. The van der Waals surface area contributed by atoms with Gasteiger partial charge < -0.3 is 5.32 Å². The second kappa shape index (κ2) is 7.77. The molecule has 0 fully saturated rings. The molecule has 0 saturated heterocycles. The van der Waals surface area contributed by atoms with Gasteiger partial charge in [0.05, 0.1) is 6.04 Å². The number of nitrogens with one attached hydrogen (secondary N) is 1. The summed E-state index contributed by atoms with van der Waals surface area (Å²) in [6, 6.07) is 17.7. The van der Waals surface area contributed by atoms with Crippen LogP contribution in [0.15, 0.2) is 53.0 Å². The molecule has 0 aliphatic carbocycles. The summed E-state index contributed by atoms with van der Waals surface area (Å²) in [4.78, 5) is 0. The van der Waals surface area contributed by atoms with Crippen LogP contribution in [0.5, 0.6) is 0 Å². The molecule has 0 heterocycles. The van der Waals surface area contributed by atoms with Crippen LogP contribution in [-0.4, -0.2) is 6.54 Å². The maximum absolute atomic E-state index is 3.68. The minimum absolute atomic E-state index is 0.234. The number of hydrogen-bond donors (Lipinski definition) is 1. The summed E-state index contributed by atoms with van der Waals surface area (Å²) in [5, 5.41) is 3.61. The summed E-state index contributed by atoms with van der Waals surface area (Å²) >= 11 is 3.68. The Balaban J connectivity index is 2.36. The summed E-state index contributed by atoms with van der Waals surface area (Å²) in [7, 11) is 0. The van der Waals surface area contributed by atoms with Gasteiger partial charge in [-0.05, 0) is 41.6 Å². The van der Waals surface area contributed by atoms with Gasteiger partial charge in [-0.1, -0.05) is 79.2 Å². The number of halogens is 1. The van der Waals surface area contributed by atoms with Crippen LogP contribution in [-0.2, 0) is 6.42 Å². The van der Waals surface area contributed by atoms with Gasteiger partial charge in [-0.2, -0.15) is 0 Å². The molecule has 0 aromatic heterocycles. The summed E-state index contributed by atoms with van der Waals surface area (Å²) in [6.07, 6.45) is 1.13. The van der Waals surface area contributed by atoms with Gasteiger partial charge in [0, 0.05) is 4.47 Å². The molecule has 2 heteroatoms. The average Bonchev–Trinajstić information content (AvgIpc) is 2.45. The van der Waals surface area contributed by atoms with Gasteiger partial charge in [0.1, 0.15) is 0 Å². The maximum atomic E-state index is 3.68. The Morgan fingerprint density at radius 2 is 1.81 bits per heavy atom. The Hall–Kier alpha value is -1.12. The fraction of sp³-hybridized carbons (Fsp3) is 0.368. The molecule has 0 aliphatic rings. The van der Waals surface area contributed by atoms with Gasteiger partial charge in [0.15, 0.2) is 0 Å². The van der Waals surface area contributed by atoms with Crippen molar-refractivity contribution < 1.29 is 0 Å². The minimum atomic E-state index is 0.234. The fourth-order valence-corrected chi connectivity index (χ4v) is 3.21. The third-order valence-corrected chi connectivity index (χ3v) is 4.27. The summed E-state index contributed by atoms with van der Waals surface area (Å²) in [5.41, 5.74) is 4.04. The molecule has 1 atom stereocenters. The van der Waals surface area contributed by atoms with Gasteiger partial charge in [-0.25, -0.2) is 0 Å². The molecule has 0 saturated carbocycles. The molecule has 21 heavy (non-hydrogen) atoms. The molecule has 1 N–H and O–H groups in total. The first-order valence-electron chi connectivity index (χ1n) is 7.68. The van der Waals surface area contributed by atoms with Gasteiger partial charge in [0.25, 0.3) is 0 Å². The van der Waals surface area contributed by atoms with E-state index < -0.39 is 0 Å². The lowest BCUT2D eigenvalue weighted by molar-refractivity contribution is 0.622. The molecule has 0 bridgehead atoms. The van der Waals surface area contributed by atoms with E-state index in [2.05, 4.69) is 90.5 Å². The van der Waals surface area contributed by atoms with Crippen molar-refractivity contribution in [3.8, 4) is 0 Å². The van der Waals surface area contributed by atoms with Crippen molar-refractivity contribution in [1.29, 1.82) is 0 Å². The minimum Gasteiger partial charge on any atom is -0.306 e. The number of rotatable bonds is 6. The van der Waals surface area contributed by atoms with Crippen molar-refractivity contribution in [2.24, 2.45) is 5.92 Å². The van der Waals surface area contributed by atoms with Crippen molar-refractivity contribution in [3.63, 3.8) is 0 Å². The first kappa shape index (κ1) is 16.3. The van der Waals surface area contributed by atoms with Crippen molar-refractivity contribution >= 4 is 15.9 Å². The van der Waals surface area contributed by atoms with Crippen molar-refractivity contribution in [1.82, 2.24) is 5.32 Å². The van der Waals surface area contributed by atoms with Gasteiger partial charge >= 0.3 is 0 Å². The second-order valence-corrected chi connectivity index (χ2v) is 6.71. The average molecular weight is 346 g/mol. The van der Waals surface area contributed by atoms with Crippen molar-refractivity contribution in [2.45, 2.75) is 33.2 Å². The predicted molar refractivity (Wildman–Crippen MR) is 94.6 cm³/mol. The Labute approximate surface area is 136 Å². The van der Waals surface area contributed by atoms with E-state index in [1.165, 1.54) is 16.7 Å². The van der Waals surface area contributed by atoms with Crippen LogP contribution < -0.4 is 5.32 Å². The van der Waals surface area contributed by atoms with Gasteiger partial charge in [-0.3, -0.25) is 0 Å². The quantitative estimate of drug-likeness (QED) is 0.744. The molecule has 112 valence electrons. The maximum Gasteiger partial charge on any atom is 0.0587 e. The largest absolute Gasteiger partial charge is 0.306 e.